The maximum atomic E-state index is 13.4. The fourth-order valence-electron chi connectivity index (χ4n) is 4.29. The highest BCUT2D eigenvalue weighted by Crippen LogP contribution is 2.23. The summed E-state index contributed by atoms with van der Waals surface area (Å²) in [4.78, 5) is 29.1. The summed E-state index contributed by atoms with van der Waals surface area (Å²) in [5, 5.41) is 5.11. The molecule has 2 N–H and O–H groups in total. The predicted molar refractivity (Wildman–Crippen MR) is 144 cm³/mol. The Bertz CT molecular complexity index is 1680. The van der Waals surface area contributed by atoms with E-state index in [0.29, 0.717) is 22.5 Å². The number of primary amides is 1. The van der Waals surface area contributed by atoms with Gasteiger partial charge in [0, 0.05) is 28.2 Å². The van der Waals surface area contributed by atoms with Gasteiger partial charge in [0.25, 0.3) is 11.5 Å². The number of fused-ring (bicyclic) bond motifs is 1. The van der Waals surface area contributed by atoms with Gasteiger partial charge in [0.1, 0.15) is 5.75 Å². The Kier molecular flexibility index (Phi) is 6.38. The van der Waals surface area contributed by atoms with Crippen molar-refractivity contribution in [3.05, 3.63) is 112 Å². The molecule has 8 heteroatoms. The first kappa shape index (κ1) is 23.7. The van der Waals surface area contributed by atoms with Crippen molar-refractivity contribution in [1.29, 1.82) is 0 Å². The summed E-state index contributed by atoms with van der Waals surface area (Å²) in [5.74, 6) is 0.505. The monoisotopic (exact) mass is 491 g/mol. The van der Waals surface area contributed by atoms with Crippen molar-refractivity contribution in [2.75, 3.05) is 6.61 Å². The molecule has 0 saturated heterocycles. The number of rotatable bonds is 7. The van der Waals surface area contributed by atoms with Gasteiger partial charge < -0.3 is 15.0 Å². The molecule has 1 amide bonds. The van der Waals surface area contributed by atoms with Crippen LogP contribution in [-0.2, 0) is 4.79 Å². The summed E-state index contributed by atoms with van der Waals surface area (Å²) in [7, 11) is 0. The van der Waals surface area contributed by atoms with Crippen LogP contribution in [-0.4, -0.2) is 33.0 Å². The van der Waals surface area contributed by atoms with Gasteiger partial charge in [-0.05, 0) is 56.3 Å². The van der Waals surface area contributed by atoms with Crippen molar-refractivity contribution in [2.45, 2.75) is 13.8 Å². The minimum absolute atomic E-state index is 0.171. The molecule has 0 aliphatic heterocycles. The highest BCUT2D eigenvalue weighted by atomic mass is 16.5. The molecule has 5 rings (SSSR count). The van der Waals surface area contributed by atoms with E-state index in [2.05, 4.69) is 9.67 Å². The van der Waals surface area contributed by atoms with Crippen LogP contribution in [0.25, 0.3) is 28.0 Å². The Labute approximate surface area is 213 Å². The molecular formula is C29H25N5O3. The zero-order valence-corrected chi connectivity index (χ0v) is 20.5. The van der Waals surface area contributed by atoms with Crippen LogP contribution in [0.1, 0.15) is 17.0 Å². The van der Waals surface area contributed by atoms with Crippen LogP contribution in [0.4, 0.5) is 0 Å². The van der Waals surface area contributed by atoms with Gasteiger partial charge in [0.15, 0.2) is 12.4 Å². The van der Waals surface area contributed by atoms with E-state index in [9.17, 15) is 9.59 Å². The van der Waals surface area contributed by atoms with Gasteiger partial charge in [-0.1, -0.05) is 42.5 Å². The number of para-hydroxylation sites is 1. The van der Waals surface area contributed by atoms with E-state index >= 15 is 0 Å². The van der Waals surface area contributed by atoms with Crippen molar-refractivity contribution in [2.24, 2.45) is 10.8 Å². The second-order valence-corrected chi connectivity index (χ2v) is 8.59. The number of aryl methyl sites for hydroxylation is 1. The number of aromatic nitrogens is 3. The Morgan fingerprint density at radius 1 is 1.00 bits per heavy atom. The summed E-state index contributed by atoms with van der Waals surface area (Å²) in [6.45, 7) is 3.82. The SMILES string of the molecule is Cc1cc(C=Nn2c(-c3ccccc3)nc3ccccc3c2=O)c(C)n1-c1ccc(OCC(N)=O)cc1. The molecule has 0 unspecified atom stereocenters. The highest BCUT2D eigenvalue weighted by Gasteiger charge is 2.14. The van der Waals surface area contributed by atoms with Crippen molar-refractivity contribution < 1.29 is 9.53 Å². The first-order valence-electron chi connectivity index (χ1n) is 11.7. The first-order chi connectivity index (χ1) is 17.9. The third-order valence-corrected chi connectivity index (χ3v) is 6.04. The molecule has 2 heterocycles. The smallest absolute Gasteiger partial charge is 0.282 e. The molecule has 184 valence electrons. The largest absolute Gasteiger partial charge is 0.484 e. The number of hydrogen-bond donors (Lipinski definition) is 1. The second-order valence-electron chi connectivity index (χ2n) is 8.59. The molecule has 8 nitrogen and oxygen atoms in total. The number of hydrogen-bond acceptors (Lipinski definition) is 5. The zero-order chi connectivity index (χ0) is 25.9. The lowest BCUT2D eigenvalue weighted by Gasteiger charge is -2.11. The van der Waals surface area contributed by atoms with Crippen LogP contribution in [0.5, 0.6) is 5.75 Å². The molecule has 0 saturated carbocycles. The fourth-order valence-corrected chi connectivity index (χ4v) is 4.29. The quantitative estimate of drug-likeness (QED) is 0.344. The van der Waals surface area contributed by atoms with Gasteiger partial charge in [0.2, 0.25) is 0 Å². The summed E-state index contributed by atoms with van der Waals surface area (Å²) < 4.78 is 8.80. The molecule has 3 aromatic carbocycles. The van der Waals surface area contributed by atoms with Crippen LogP contribution in [0.3, 0.4) is 0 Å². The van der Waals surface area contributed by atoms with E-state index in [4.69, 9.17) is 15.5 Å². The Morgan fingerprint density at radius 2 is 1.70 bits per heavy atom. The van der Waals surface area contributed by atoms with Crippen LogP contribution < -0.4 is 16.0 Å². The van der Waals surface area contributed by atoms with Gasteiger partial charge in [0.05, 0.1) is 17.1 Å². The normalized spacial score (nSPS) is 11.3. The van der Waals surface area contributed by atoms with Crippen molar-refractivity contribution in [3.63, 3.8) is 0 Å². The molecule has 0 bridgehead atoms. The minimum Gasteiger partial charge on any atom is -0.484 e. The van der Waals surface area contributed by atoms with Crippen LogP contribution in [0, 0.1) is 13.8 Å². The molecule has 0 radical (unpaired) electrons. The van der Waals surface area contributed by atoms with Gasteiger partial charge in [-0.25, -0.2) is 4.98 Å². The third-order valence-electron chi connectivity index (χ3n) is 6.04. The summed E-state index contributed by atoms with van der Waals surface area (Å²) in [6, 6.07) is 26.2. The summed E-state index contributed by atoms with van der Waals surface area (Å²) in [5.41, 5.74) is 10.1. The van der Waals surface area contributed by atoms with Crippen LogP contribution >= 0.6 is 0 Å². The number of amides is 1. The topological polar surface area (TPSA) is 104 Å². The Balaban J connectivity index is 1.54. The van der Waals surface area contributed by atoms with Gasteiger partial charge in [-0.3, -0.25) is 9.59 Å². The number of ether oxygens (including phenoxy) is 1. The minimum atomic E-state index is -0.527. The van der Waals surface area contributed by atoms with E-state index in [1.165, 1.54) is 4.68 Å². The molecule has 0 spiro atoms. The lowest BCUT2D eigenvalue weighted by atomic mass is 10.2. The third kappa shape index (κ3) is 4.77. The molecule has 37 heavy (non-hydrogen) atoms. The van der Waals surface area contributed by atoms with Crippen LogP contribution in [0.2, 0.25) is 0 Å². The molecule has 0 aliphatic carbocycles. The average Bonchev–Trinajstić information content (AvgIpc) is 3.20. The van der Waals surface area contributed by atoms with Crippen molar-refractivity contribution >= 4 is 23.0 Å². The van der Waals surface area contributed by atoms with Gasteiger partial charge in [-0.2, -0.15) is 9.78 Å². The maximum absolute atomic E-state index is 13.4. The molecule has 5 aromatic rings. The number of carbonyl (C=O) groups is 1. The Morgan fingerprint density at radius 3 is 2.43 bits per heavy atom. The Hall–Kier alpha value is -4.98. The van der Waals surface area contributed by atoms with Crippen LogP contribution in [0.15, 0.2) is 94.8 Å². The van der Waals surface area contributed by atoms with E-state index < -0.39 is 5.91 Å². The van der Waals surface area contributed by atoms with Gasteiger partial charge >= 0.3 is 0 Å². The average molecular weight is 492 g/mol. The van der Waals surface area contributed by atoms with Crippen molar-refractivity contribution in [1.82, 2.24) is 14.2 Å². The fraction of sp³-hybridized carbons (Fsp3) is 0.103. The highest BCUT2D eigenvalue weighted by molar-refractivity contribution is 5.83. The molecule has 0 fully saturated rings. The lowest BCUT2D eigenvalue weighted by molar-refractivity contribution is -0.119. The first-order valence-corrected chi connectivity index (χ1v) is 11.7. The molecule has 2 aromatic heterocycles. The number of carbonyl (C=O) groups excluding carboxylic acids is 1. The predicted octanol–water partition coefficient (Wildman–Crippen LogP) is 4.22. The second kappa shape index (κ2) is 9.94. The summed E-state index contributed by atoms with van der Waals surface area (Å²) in [6.07, 6.45) is 1.69. The number of benzene rings is 3. The zero-order valence-electron chi connectivity index (χ0n) is 20.5. The van der Waals surface area contributed by atoms with E-state index in [1.54, 1.807) is 24.4 Å². The standard InChI is InChI=1S/C29H25N5O3/c1-19-16-22(20(2)33(19)23-12-14-24(15-13-23)37-18-27(30)35)17-31-34-28(21-8-4-3-5-9-21)32-26-11-7-6-10-25(26)29(34)36/h3-17H,18H2,1-2H3,(H2,30,35). The lowest BCUT2D eigenvalue weighted by Crippen LogP contribution is -2.20. The summed E-state index contributed by atoms with van der Waals surface area (Å²) >= 11 is 0. The van der Waals surface area contributed by atoms with Gasteiger partial charge in [-0.15, -0.1) is 0 Å². The maximum Gasteiger partial charge on any atom is 0.282 e. The van der Waals surface area contributed by atoms with Crippen molar-refractivity contribution in [3.8, 4) is 22.8 Å². The number of nitrogens with zero attached hydrogens (tertiary/aromatic N) is 4. The number of nitrogens with two attached hydrogens (primary N) is 1. The van der Waals surface area contributed by atoms with E-state index in [1.807, 2.05) is 80.6 Å². The molecule has 0 aliphatic rings. The van der Waals surface area contributed by atoms with E-state index in [-0.39, 0.29) is 12.2 Å². The molecule has 0 atom stereocenters. The molecular weight excluding hydrogens is 466 g/mol. The van der Waals surface area contributed by atoms with E-state index in [0.717, 1.165) is 28.2 Å².